The summed E-state index contributed by atoms with van der Waals surface area (Å²) >= 11 is 0. The van der Waals surface area contributed by atoms with Crippen LogP contribution in [0.3, 0.4) is 0 Å². The number of primary amides is 1. The molecule has 1 unspecified atom stereocenters. The molecule has 0 bridgehead atoms. The van der Waals surface area contributed by atoms with E-state index in [1.54, 1.807) is 19.1 Å². The van der Waals surface area contributed by atoms with E-state index in [0.717, 1.165) is 23.0 Å². The summed E-state index contributed by atoms with van der Waals surface area (Å²) in [5, 5.41) is 2.95. The van der Waals surface area contributed by atoms with Crippen molar-refractivity contribution >= 4 is 34.1 Å². The Labute approximate surface area is 204 Å². The number of carbonyl (C=O) groups is 2. The largest absolute Gasteiger partial charge is 0.378 e. The fourth-order valence-electron chi connectivity index (χ4n) is 3.95. The van der Waals surface area contributed by atoms with Crippen molar-refractivity contribution in [3.63, 3.8) is 0 Å². The number of fused-ring (bicyclic) bond motifs is 3. The minimum absolute atomic E-state index is 0.0404. The molecule has 3 N–H and O–H groups in total. The first-order valence-electron chi connectivity index (χ1n) is 13.5. The number of aromatic nitrogens is 3. The molecule has 0 radical (unpaired) electrons. The second kappa shape index (κ2) is 8.29. The lowest BCUT2D eigenvalue weighted by Crippen LogP contribution is -2.26. The number of carbonyl (C=O) groups excluding carboxylic acids is 2. The third-order valence-electron chi connectivity index (χ3n) is 5.47. The second-order valence-electron chi connectivity index (χ2n) is 7.80. The number of amides is 2. The Morgan fingerprint density at radius 2 is 2.03 bits per heavy atom. The van der Waals surface area contributed by atoms with E-state index in [0.29, 0.717) is 5.56 Å². The van der Waals surface area contributed by atoms with Gasteiger partial charge in [0, 0.05) is 34.9 Å². The molecule has 0 fully saturated rings. The van der Waals surface area contributed by atoms with Crippen LogP contribution in [0.25, 0.3) is 16.6 Å². The van der Waals surface area contributed by atoms with Gasteiger partial charge >= 0.3 is 0 Å². The SMILES string of the molecule is [2H]C(C)(Nc1ccc(F)cc1C(N)=O)c1cc(C)cc2c(=O)n(C)c3c(C(=O)N(C([2H])([2H])[2H])C([2H])([2H])[2H])ncn3c12. The van der Waals surface area contributed by atoms with Gasteiger partial charge in [-0.2, -0.15) is 0 Å². The number of hydrogen-bond donors (Lipinski definition) is 2. The zero-order valence-electron chi connectivity index (χ0n) is 25.4. The zero-order valence-corrected chi connectivity index (χ0v) is 18.4. The number of aryl methyl sites for hydroxylation is 2. The Kier molecular flexibility index (Phi) is 3.80. The molecule has 2 aromatic heterocycles. The van der Waals surface area contributed by atoms with Crippen molar-refractivity contribution < 1.29 is 23.6 Å². The number of imidazole rings is 1. The lowest BCUT2D eigenvalue weighted by Gasteiger charge is -2.21. The third kappa shape index (κ3) is 3.66. The van der Waals surface area contributed by atoms with Crippen molar-refractivity contribution in [2.24, 2.45) is 12.8 Å². The first kappa shape index (κ1) is 15.6. The fourth-order valence-corrected chi connectivity index (χ4v) is 3.95. The maximum atomic E-state index is 13.8. The van der Waals surface area contributed by atoms with Gasteiger partial charge in [-0.1, -0.05) is 6.07 Å². The minimum Gasteiger partial charge on any atom is -0.378 e. The van der Waals surface area contributed by atoms with E-state index in [1.807, 2.05) is 0 Å². The molecule has 34 heavy (non-hydrogen) atoms. The number of anilines is 1. The summed E-state index contributed by atoms with van der Waals surface area (Å²) in [6, 6.07) is 4.53. The summed E-state index contributed by atoms with van der Waals surface area (Å²) in [5.74, 6) is -3.13. The minimum atomic E-state index is -3.35. The number of nitrogens with two attached hydrogens (primary N) is 1. The normalized spacial score (nSPS) is 16.9. The van der Waals surface area contributed by atoms with Crippen LogP contribution in [0.5, 0.6) is 0 Å². The maximum absolute atomic E-state index is 13.8. The predicted molar refractivity (Wildman–Crippen MR) is 128 cm³/mol. The van der Waals surface area contributed by atoms with Gasteiger partial charge < -0.3 is 16.0 Å². The van der Waals surface area contributed by atoms with Crippen LogP contribution in [0.4, 0.5) is 10.1 Å². The van der Waals surface area contributed by atoms with Crippen LogP contribution in [0, 0.1) is 12.7 Å². The molecule has 0 aliphatic heterocycles. The number of halogens is 1. The maximum Gasteiger partial charge on any atom is 0.275 e. The molecular weight excluding hydrogens is 439 g/mol. The van der Waals surface area contributed by atoms with Gasteiger partial charge in [0.1, 0.15) is 12.1 Å². The summed E-state index contributed by atoms with van der Waals surface area (Å²) in [6.45, 7) is -3.62. The van der Waals surface area contributed by atoms with Crippen molar-refractivity contribution in [1.29, 1.82) is 0 Å². The van der Waals surface area contributed by atoms with E-state index >= 15 is 0 Å². The van der Waals surface area contributed by atoms with Crippen LogP contribution >= 0.6 is 0 Å². The Morgan fingerprint density at radius 3 is 2.71 bits per heavy atom. The lowest BCUT2D eigenvalue weighted by atomic mass is 10.00. The summed E-state index contributed by atoms with van der Waals surface area (Å²) in [4.78, 5) is 42.6. The second-order valence-corrected chi connectivity index (χ2v) is 7.80. The van der Waals surface area contributed by atoms with Crippen LogP contribution in [-0.2, 0) is 7.05 Å². The lowest BCUT2D eigenvalue weighted by molar-refractivity contribution is 0.0823. The molecule has 4 rings (SSSR count). The van der Waals surface area contributed by atoms with Gasteiger partial charge in [0.2, 0.25) is 0 Å². The Hall–Kier alpha value is -4.21. The molecule has 1 atom stereocenters. The van der Waals surface area contributed by atoms with E-state index in [4.69, 9.17) is 14.0 Å². The molecule has 0 saturated carbocycles. The van der Waals surface area contributed by atoms with Crippen molar-refractivity contribution in [2.75, 3.05) is 19.3 Å². The van der Waals surface area contributed by atoms with Crippen molar-refractivity contribution in [2.45, 2.75) is 19.9 Å². The quantitative estimate of drug-likeness (QED) is 0.464. The highest BCUT2D eigenvalue weighted by Crippen LogP contribution is 2.30. The first-order chi connectivity index (χ1) is 18.8. The van der Waals surface area contributed by atoms with E-state index in [9.17, 15) is 20.1 Å². The van der Waals surface area contributed by atoms with Gasteiger partial charge in [-0.15, -0.1) is 0 Å². The van der Waals surface area contributed by atoms with Gasteiger partial charge in [0.15, 0.2) is 11.3 Å². The summed E-state index contributed by atoms with van der Waals surface area (Å²) < 4.78 is 70.9. The van der Waals surface area contributed by atoms with E-state index in [-0.39, 0.29) is 38.3 Å². The van der Waals surface area contributed by atoms with Crippen molar-refractivity contribution in [3.8, 4) is 0 Å². The topological polar surface area (TPSA) is 115 Å². The Bertz CT molecular complexity index is 1780. The number of hydrogen-bond acceptors (Lipinski definition) is 5. The molecule has 0 aliphatic rings. The molecule has 0 spiro atoms. The summed E-state index contributed by atoms with van der Waals surface area (Å²) in [7, 11) is 1.31. The smallest absolute Gasteiger partial charge is 0.275 e. The molecule has 2 amide bonds. The van der Waals surface area contributed by atoms with Crippen LogP contribution in [0.2, 0.25) is 0 Å². The molecule has 0 aliphatic carbocycles. The number of nitrogens with zero attached hydrogens (tertiary/aromatic N) is 4. The van der Waals surface area contributed by atoms with Crippen LogP contribution in [-0.4, -0.2) is 44.6 Å². The van der Waals surface area contributed by atoms with E-state index in [2.05, 4.69) is 10.3 Å². The average molecular weight is 472 g/mol. The van der Waals surface area contributed by atoms with Gasteiger partial charge in [0.25, 0.3) is 17.4 Å². The fraction of sp³-hybridized carbons (Fsp3) is 0.250. The number of rotatable bonds is 5. The highest BCUT2D eigenvalue weighted by atomic mass is 19.1. The molecule has 2 aromatic carbocycles. The van der Waals surface area contributed by atoms with Crippen molar-refractivity contribution in [3.05, 3.63) is 75.2 Å². The molecule has 9 nitrogen and oxygen atoms in total. The molecule has 2 heterocycles. The van der Waals surface area contributed by atoms with E-state index < -0.39 is 48.9 Å². The number of benzene rings is 2. The molecule has 10 heteroatoms. The summed E-state index contributed by atoms with van der Waals surface area (Å²) in [6.07, 6.45) is 1.11. The Morgan fingerprint density at radius 1 is 1.29 bits per heavy atom. The van der Waals surface area contributed by atoms with Gasteiger partial charge in [0.05, 0.1) is 23.9 Å². The van der Waals surface area contributed by atoms with Gasteiger partial charge in [-0.3, -0.25) is 23.4 Å². The molecule has 4 aromatic rings. The van der Waals surface area contributed by atoms with Gasteiger partial charge in [-0.05, 0) is 49.2 Å². The predicted octanol–water partition coefficient (Wildman–Crippen LogP) is 2.61. The third-order valence-corrected chi connectivity index (χ3v) is 5.47. The van der Waals surface area contributed by atoms with Crippen LogP contribution in [0.1, 0.15) is 54.5 Å². The monoisotopic (exact) mass is 471 g/mol. The van der Waals surface area contributed by atoms with Crippen LogP contribution in [0.15, 0.2) is 41.5 Å². The zero-order chi connectivity index (χ0) is 30.8. The van der Waals surface area contributed by atoms with Crippen LogP contribution < -0.4 is 16.6 Å². The Balaban J connectivity index is 2.03. The molecule has 176 valence electrons. The first-order valence-corrected chi connectivity index (χ1v) is 9.99. The molecule has 0 saturated heterocycles. The highest BCUT2D eigenvalue weighted by Gasteiger charge is 2.23. The average Bonchev–Trinajstić information content (AvgIpc) is 3.26. The molecular formula is C24H25FN6O3. The van der Waals surface area contributed by atoms with Gasteiger partial charge in [-0.25, -0.2) is 9.37 Å². The summed E-state index contributed by atoms with van der Waals surface area (Å²) in [5.41, 5.74) is 4.59. The highest BCUT2D eigenvalue weighted by molar-refractivity contribution is 6.00. The van der Waals surface area contributed by atoms with Crippen molar-refractivity contribution in [1.82, 2.24) is 18.9 Å². The number of nitrogens with one attached hydrogen (secondary N) is 1. The standard InChI is InChI=1S/C24H25FN6O3/c1-12-8-15(13(2)28-18-7-6-14(25)10-16(18)21(26)32)20-17(9-12)23(33)30(5)22-19(24(34)29(3)4)27-11-31(20)22/h6-11,13,28H,1-5H3,(H2,26,32)/i3D3,4D3,13D. The van der Waals surface area contributed by atoms with E-state index in [1.165, 1.54) is 24.4 Å².